The van der Waals surface area contributed by atoms with Crippen LogP contribution in [0.4, 0.5) is 4.39 Å². The van der Waals surface area contributed by atoms with Crippen molar-refractivity contribution in [2.24, 2.45) is 5.92 Å². The molecule has 0 atom stereocenters. The third-order valence-electron chi connectivity index (χ3n) is 5.60. The summed E-state index contributed by atoms with van der Waals surface area (Å²) in [6.45, 7) is 12.7. The number of hydrogen-bond donors (Lipinski definition) is 3. The average molecular weight is 496 g/mol. The lowest BCUT2D eigenvalue weighted by atomic mass is 9.98. The van der Waals surface area contributed by atoms with Crippen molar-refractivity contribution in [2.75, 3.05) is 26.2 Å². The summed E-state index contributed by atoms with van der Waals surface area (Å²) >= 11 is 6.21. The molecule has 5 heteroatoms. The van der Waals surface area contributed by atoms with E-state index in [-0.39, 0.29) is 5.82 Å². The van der Waals surface area contributed by atoms with Crippen molar-refractivity contribution in [3.8, 4) is 11.8 Å². The monoisotopic (exact) mass is 495 g/mol. The molecular formula is C30H39ClFN3. The molecule has 3 N–H and O–H groups in total. The highest BCUT2D eigenvalue weighted by molar-refractivity contribution is 6.30. The molecule has 2 aromatic carbocycles. The topological polar surface area (TPSA) is 36.1 Å². The molecule has 0 radical (unpaired) electrons. The summed E-state index contributed by atoms with van der Waals surface area (Å²) in [6.07, 6.45) is 8.33. The van der Waals surface area contributed by atoms with Gasteiger partial charge in [0.25, 0.3) is 0 Å². The van der Waals surface area contributed by atoms with Gasteiger partial charge in [-0.1, -0.05) is 68.1 Å². The summed E-state index contributed by atoms with van der Waals surface area (Å²) in [5.74, 6) is 7.02. The summed E-state index contributed by atoms with van der Waals surface area (Å²) in [6, 6.07) is 12.4. The zero-order chi connectivity index (χ0) is 25.3. The molecule has 0 saturated carbocycles. The summed E-state index contributed by atoms with van der Waals surface area (Å²) < 4.78 is 12.9. The first-order valence-electron chi connectivity index (χ1n) is 12.7. The fraction of sp³-hybridized carbons (Fsp3) is 0.400. The van der Waals surface area contributed by atoms with Gasteiger partial charge in [0.2, 0.25) is 0 Å². The van der Waals surface area contributed by atoms with E-state index in [1.54, 1.807) is 0 Å². The maximum Gasteiger partial charge on any atom is 0.123 e. The third kappa shape index (κ3) is 11.6. The van der Waals surface area contributed by atoms with E-state index in [2.05, 4.69) is 34.4 Å². The molecule has 188 valence electrons. The van der Waals surface area contributed by atoms with Gasteiger partial charge in [-0.25, -0.2) is 4.39 Å². The number of rotatable bonds is 10. The molecule has 1 aliphatic rings. The van der Waals surface area contributed by atoms with Crippen molar-refractivity contribution < 1.29 is 4.39 Å². The Morgan fingerprint density at radius 1 is 1.11 bits per heavy atom. The SMILES string of the molecule is C=C(/C=C/c1ccc(Cl)cc1C#CC1CCNCC1)NCCCCNCc1ccc(F)cc1.CC. The van der Waals surface area contributed by atoms with Crippen LogP contribution in [0.5, 0.6) is 0 Å². The molecule has 3 nitrogen and oxygen atoms in total. The first-order chi connectivity index (χ1) is 17.1. The van der Waals surface area contributed by atoms with Crippen LogP contribution in [0.1, 0.15) is 56.2 Å². The highest BCUT2D eigenvalue weighted by atomic mass is 35.5. The maximum absolute atomic E-state index is 12.9. The predicted molar refractivity (Wildman–Crippen MR) is 149 cm³/mol. The molecule has 1 fully saturated rings. The molecule has 0 spiro atoms. The van der Waals surface area contributed by atoms with Gasteiger partial charge in [0.1, 0.15) is 5.82 Å². The van der Waals surface area contributed by atoms with E-state index in [1.807, 2.05) is 56.3 Å². The molecule has 1 aliphatic heterocycles. The molecule has 2 aromatic rings. The minimum Gasteiger partial charge on any atom is -0.386 e. The molecule has 0 aromatic heterocycles. The van der Waals surface area contributed by atoms with Crippen LogP contribution in [0.2, 0.25) is 5.02 Å². The first-order valence-corrected chi connectivity index (χ1v) is 13.1. The van der Waals surface area contributed by atoms with Crippen molar-refractivity contribution in [3.05, 3.63) is 88.3 Å². The number of piperidine rings is 1. The summed E-state index contributed by atoms with van der Waals surface area (Å²) in [5.41, 5.74) is 3.97. The van der Waals surface area contributed by atoms with Crippen molar-refractivity contribution in [1.29, 1.82) is 0 Å². The second-order valence-electron chi connectivity index (χ2n) is 8.32. The van der Waals surface area contributed by atoms with Gasteiger partial charge in [-0.05, 0) is 86.8 Å². The van der Waals surface area contributed by atoms with Crippen LogP contribution in [-0.4, -0.2) is 26.2 Å². The lowest BCUT2D eigenvalue weighted by molar-refractivity contribution is 0.447. The lowest BCUT2D eigenvalue weighted by Crippen LogP contribution is -2.26. The van der Waals surface area contributed by atoms with Crippen LogP contribution < -0.4 is 16.0 Å². The van der Waals surface area contributed by atoms with Crippen LogP contribution in [0, 0.1) is 23.6 Å². The molecular weight excluding hydrogens is 457 g/mol. The Balaban J connectivity index is 0.00000210. The van der Waals surface area contributed by atoms with Crippen LogP contribution >= 0.6 is 11.6 Å². The Morgan fingerprint density at radius 2 is 1.83 bits per heavy atom. The number of halogens is 2. The van der Waals surface area contributed by atoms with Crippen LogP contribution in [-0.2, 0) is 6.54 Å². The summed E-state index contributed by atoms with van der Waals surface area (Å²) in [5, 5.41) is 10.8. The molecule has 0 amide bonds. The summed E-state index contributed by atoms with van der Waals surface area (Å²) in [4.78, 5) is 0. The smallest absolute Gasteiger partial charge is 0.123 e. The van der Waals surface area contributed by atoms with Crippen molar-refractivity contribution in [2.45, 2.75) is 46.1 Å². The molecule has 0 bridgehead atoms. The Labute approximate surface area is 216 Å². The highest BCUT2D eigenvalue weighted by Gasteiger charge is 2.09. The quantitative estimate of drug-likeness (QED) is 0.199. The molecule has 1 saturated heterocycles. The largest absolute Gasteiger partial charge is 0.386 e. The maximum atomic E-state index is 12.9. The van der Waals surface area contributed by atoms with Gasteiger partial charge in [-0.2, -0.15) is 0 Å². The summed E-state index contributed by atoms with van der Waals surface area (Å²) in [7, 11) is 0. The van der Waals surface area contributed by atoms with Crippen molar-refractivity contribution in [3.63, 3.8) is 0 Å². The predicted octanol–water partition coefficient (Wildman–Crippen LogP) is 6.54. The molecule has 0 unspecified atom stereocenters. The Hall–Kier alpha value is -2.58. The van der Waals surface area contributed by atoms with Gasteiger partial charge in [-0.15, -0.1) is 0 Å². The number of allylic oxidation sites excluding steroid dienone is 1. The molecule has 1 heterocycles. The van der Waals surface area contributed by atoms with Gasteiger partial charge in [-0.3, -0.25) is 0 Å². The van der Waals surface area contributed by atoms with Gasteiger partial charge >= 0.3 is 0 Å². The minimum absolute atomic E-state index is 0.198. The van der Waals surface area contributed by atoms with E-state index in [0.717, 1.165) is 80.8 Å². The third-order valence-corrected chi connectivity index (χ3v) is 5.84. The fourth-order valence-electron chi connectivity index (χ4n) is 3.64. The van der Waals surface area contributed by atoms with E-state index in [1.165, 1.54) is 12.1 Å². The zero-order valence-corrected chi connectivity index (χ0v) is 21.9. The number of nitrogens with one attached hydrogen (secondary N) is 3. The van der Waals surface area contributed by atoms with Crippen molar-refractivity contribution >= 4 is 17.7 Å². The fourth-order valence-corrected chi connectivity index (χ4v) is 3.81. The van der Waals surface area contributed by atoms with Gasteiger partial charge in [0.15, 0.2) is 0 Å². The number of benzene rings is 2. The van der Waals surface area contributed by atoms with E-state index >= 15 is 0 Å². The van der Waals surface area contributed by atoms with Gasteiger partial charge in [0.05, 0.1) is 0 Å². The van der Waals surface area contributed by atoms with E-state index < -0.39 is 0 Å². The van der Waals surface area contributed by atoms with Crippen LogP contribution in [0.3, 0.4) is 0 Å². The van der Waals surface area contributed by atoms with Crippen LogP contribution in [0.15, 0.2) is 60.8 Å². The molecule has 35 heavy (non-hydrogen) atoms. The first kappa shape index (κ1) is 28.7. The van der Waals surface area contributed by atoms with E-state index in [4.69, 9.17) is 11.6 Å². The van der Waals surface area contributed by atoms with Crippen LogP contribution in [0.25, 0.3) is 6.08 Å². The Kier molecular flexibility index (Phi) is 13.9. The van der Waals surface area contributed by atoms with Crippen molar-refractivity contribution in [1.82, 2.24) is 16.0 Å². The second kappa shape index (κ2) is 16.9. The molecule has 3 rings (SSSR count). The number of unbranched alkanes of at least 4 members (excludes halogenated alkanes) is 1. The number of hydrogen-bond acceptors (Lipinski definition) is 3. The zero-order valence-electron chi connectivity index (χ0n) is 21.1. The van der Waals surface area contributed by atoms with Gasteiger partial charge < -0.3 is 16.0 Å². The van der Waals surface area contributed by atoms with E-state index in [9.17, 15) is 4.39 Å². The normalized spacial score (nSPS) is 13.5. The average Bonchev–Trinajstić information content (AvgIpc) is 2.89. The minimum atomic E-state index is -0.198. The highest BCUT2D eigenvalue weighted by Crippen LogP contribution is 2.18. The standard InChI is InChI=1S/C28H33ClFN3.C2H6/c1-22(33-17-3-2-16-32-21-24-6-12-28(30)13-7-24)4-8-25-10-11-27(29)20-26(25)9-5-23-14-18-31-19-15-23;1-2/h4,6-8,10-13,20,23,31-33H,1-3,14-19,21H2;1-2H3/b8-4+;. The van der Waals surface area contributed by atoms with Gasteiger partial charge in [0, 0.05) is 35.3 Å². The lowest BCUT2D eigenvalue weighted by Gasteiger charge is -2.17. The Morgan fingerprint density at radius 3 is 2.57 bits per heavy atom. The Bertz CT molecular complexity index is 983. The van der Waals surface area contributed by atoms with E-state index in [0.29, 0.717) is 10.9 Å². The second-order valence-corrected chi connectivity index (χ2v) is 8.76. The molecule has 0 aliphatic carbocycles.